The number of anilines is 1. The number of nitrogens with zero attached hydrogens (tertiary/aromatic N) is 1. The molecule has 0 aliphatic rings. The van der Waals surface area contributed by atoms with Gasteiger partial charge < -0.3 is 10.2 Å². The predicted octanol–water partition coefficient (Wildman–Crippen LogP) is 2.84. The number of nitrogens with two attached hydrogens (primary N) is 1. The number of aromatic nitrogens is 1. The van der Waals surface area contributed by atoms with Crippen LogP contribution in [0.25, 0.3) is 10.9 Å². The van der Waals surface area contributed by atoms with Crippen LogP contribution in [-0.2, 0) is 11.3 Å². The number of hydrogen-bond donors (Lipinski definition) is 2. The monoisotopic (exact) mass is 245 g/mol. The van der Waals surface area contributed by atoms with E-state index in [9.17, 15) is 0 Å². The Morgan fingerprint density at radius 1 is 1.39 bits per heavy atom. The maximum atomic E-state index is 5.73. The first-order valence-electron chi connectivity index (χ1n) is 6.21. The average molecular weight is 245 g/mol. The standard InChI is InChI=1S/C14H19N3O/c1-3-10(2)18-9-12-8-11-6-4-5-7-13(11)16-14(12)17-15/h4-8,10H,3,9,15H2,1-2H3,(H,16,17). The van der Waals surface area contributed by atoms with Crippen LogP contribution in [0.5, 0.6) is 0 Å². The Morgan fingerprint density at radius 3 is 2.89 bits per heavy atom. The van der Waals surface area contributed by atoms with Crippen LogP contribution < -0.4 is 11.3 Å². The Balaban J connectivity index is 2.30. The van der Waals surface area contributed by atoms with Crippen LogP contribution in [0.2, 0.25) is 0 Å². The lowest BCUT2D eigenvalue weighted by Gasteiger charge is -2.13. The van der Waals surface area contributed by atoms with Gasteiger partial charge in [-0.25, -0.2) is 10.8 Å². The summed E-state index contributed by atoms with van der Waals surface area (Å²) in [6.45, 7) is 4.68. The summed E-state index contributed by atoms with van der Waals surface area (Å²) in [5.41, 5.74) is 4.55. The van der Waals surface area contributed by atoms with Crippen LogP contribution in [0.3, 0.4) is 0 Å². The second-order valence-corrected chi connectivity index (χ2v) is 4.36. The quantitative estimate of drug-likeness (QED) is 0.628. The number of hydrogen-bond acceptors (Lipinski definition) is 4. The molecule has 0 fully saturated rings. The van der Waals surface area contributed by atoms with Gasteiger partial charge >= 0.3 is 0 Å². The molecular formula is C14H19N3O. The molecule has 0 saturated heterocycles. The second-order valence-electron chi connectivity index (χ2n) is 4.36. The van der Waals surface area contributed by atoms with Gasteiger partial charge in [0, 0.05) is 10.9 Å². The van der Waals surface area contributed by atoms with E-state index in [0.717, 1.165) is 22.9 Å². The molecule has 1 aromatic carbocycles. The summed E-state index contributed by atoms with van der Waals surface area (Å²) in [4.78, 5) is 4.48. The summed E-state index contributed by atoms with van der Waals surface area (Å²) < 4.78 is 5.73. The molecule has 0 amide bonds. The summed E-state index contributed by atoms with van der Waals surface area (Å²) in [6, 6.07) is 10.0. The molecule has 0 spiro atoms. The van der Waals surface area contributed by atoms with Crippen molar-refractivity contribution in [3.63, 3.8) is 0 Å². The van der Waals surface area contributed by atoms with E-state index >= 15 is 0 Å². The van der Waals surface area contributed by atoms with Crippen LogP contribution in [-0.4, -0.2) is 11.1 Å². The van der Waals surface area contributed by atoms with Gasteiger partial charge in [-0.05, 0) is 25.5 Å². The van der Waals surface area contributed by atoms with Crippen molar-refractivity contribution in [1.82, 2.24) is 4.98 Å². The molecule has 2 aromatic rings. The molecule has 4 heteroatoms. The van der Waals surface area contributed by atoms with Crippen molar-refractivity contribution in [3.8, 4) is 0 Å². The molecule has 1 heterocycles. The normalized spacial score (nSPS) is 12.6. The van der Waals surface area contributed by atoms with Crippen molar-refractivity contribution in [2.75, 3.05) is 5.43 Å². The lowest BCUT2D eigenvalue weighted by Crippen LogP contribution is -2.13. The van der Waals surface area contributed by atoms with Gasteiger partial charge in [-0.2, -0.15) is 0 Å². The third kappa shape index (κ3) is 2.78. The first-order chi connectivity index (χ1) is 8.74. The van der Waals surface area contributed by atoms with Crippen LogP contribution in [0.4, 0.5) is 5.82 Å². The predicted molar refractivity (Wildman–Crippen MR) is 74.1 cm³/mol. The van der Waals surface area contributed by atoms with Crippen molar-refractivity contribution in [1.29, 1.82) is 0 Å². The van der Waals surface area contributed by atoms with Gasteiger partial charge in [0.15, 0.2) is 0 Å². The van der Waals surface area contributed by atoms with E-state index in [4.69, 9.17) is 10.6 Å². The average Bonchev–Trinajstić information content (AvgIpc) is 2.43. The molecule has 0 aliphatic heterocycles. The fraction of sp³-hybridized carbons (Fsp3) is 0.357. The van der Waals surface area contributed by atoms with Crippen LogP contribution in [0, 0.1) is 0 Å². The first kappa shape index (κ1) is 12.8. The maximum absolute atomic E-state index is 5.73. The molecule has 4 nitrogen and oxygen atoms in total. The highest BCUT2D eigenvalue weighted by molar-refractivity contribution is 5.81. The van der Waals surface area contributed by atoms with Gasteiger partial charge in [-0.3, -0.25) is 0 Å². The minimum atomic E-state index is 0.238. The number of nitrogens with one attached hydrogen (secondary N) is 1. The third-order valence-corrected chi connectivity index (χ3v) is 3.04. The van der Waals surface area contributed by atoms with E-state index in [-0.39, 0.29) is 6.10 Å². The maximum Gasteiger partial charge on any atom is 0.146 e. The van der Waals surface area contributed by atoms with Crippen molar-refractivity contribution in [2.45, 2.75) is 33.0 Å². The molecule has 0 aliphatic carbocycles. The molecule has 18 heavy (non-hydrogen) atoms. The van der Waals surface area contributed by atoms with E-state index in [1.165, 1.54) is 0 Å². The first-order valence-corrected chi connectivity index (χ1v) is 6.21. The van der Waals surface area contributed by atoms with E-state index in [0.29, 0.717) is 12.4 Å². The number of benzene rings is 1. The van der Waals surface area contributed by atoms with Crippen molar-refractivity contribution < 1.29 is 4.74 Å². The Bertz CT molecular complexity index is 527. The SMILES string of the molecule is CCC(C)OCc1cc2ccccc2nc1NN. The van der Waals surface area contributed by atoms with E-state index in [2.05, 4.69) is 30.3 Å². The summed E-state index contributed by atoms with van der Waals surface area (Å²) in [7, 11) is 0. The minimum Gasteiger partial charge on any atom is -0.374 e. The largest absolute Gasteiger partial charge is 0.374 e. The molecule has 1 atom stereocenters. The topological polar surface area (TPSA) is 60.2 Å². The summed E-state index contributed by atoms with van der Waals surface area (Å²) in [5.74, 6) is 6.19. The third-order valence-electron chi connectivity index (χ3n) is 3.04. The van der Waals surface area contributed by atoms with E-state index in [1.807, 2.05) is 24.3 Å². The van der Waals surface area contributed by atoms with Gasteiger partial charge in [-0.15, -0.1) is 0 Å². The Kier molecular flexibility index (Phi) is 4.12. The van der Waals surface area contributed by atoms with Crippen molar-refractivity contribution in [2.24, 2.45) is 5.84 Å². The molecule has 2 rings (SSSR count). The number of ether oxygens (including phenoxy) is 1. The summed E-state index contributed by atoms with van der Waals surface area (Å²) in [6.07, 6.45) is 1.23. The van der Waals surface area contributed by atoms with Gasteiger partial charge in [0.2, 0.25) is 0 Å². The fourth-order valence-corrected chi connectivity index (χ4v) is 1.74. The van der Waals surface area contributed by atoms with Crippen LogP contribution in [0.15, 0.2) is 30.3 Å². The summed E-state index contributed by atoms with van der Waals surface area (Å²) >= 11 is 0. The zero-order chi connectivity index (χ0) is 13.0. The molecule has 0 saturated carbocycles. The van der Waals surface area contributed by atoms with Gasteiger partial charge in [0.1, 0.15) is 5.82 Å². The number of rotatable bonds is 5. The Labute approximate surface area is 107 Å². The van der Waals surface area contributed by atoms with Crippen LogP contribution in [0.1, 0.15) is 25.8 Å². The molecule has 1 aromatic heterocycles. The zero-order valence-corrected chi connectivity index (χ0v) is 10.8. The lowest BCUT2D eigenvalue weighted by atomic mass is 10.1. The highest BCUT2D eigenvalue weighted by atomic mass is 16.5. The number of fused-ring (bicyclic) bond motifs is 1. The molecule has 3 N–H and O–H groups in total. The molecule has 0 bridgehead atoms. The number of hydrazine groups is 1. The molecule has 96 valence electrons. The fourth-order valence-electron chi connectivity index (χ4n) is 1.74. The van der Waals surface area contributed by atoms with Gasteiger partial charge in [0.05, 0.1) is 18.2 Å². The zero-order valence-electron chi connectivity index (χ0n) is 10.8. The van der Waals surface area contributed by atoms with Gasteiger partial charge in [0.25, 0.3) is 0 Å². The number of pyridine rings is 1. The van der Waals surface area contributed by atoms with Crippen molar-refractivity contribution >= 4 is 16.7 Å². The molecule has 1 unspecified atom stereocenters. The smallest absolute Gasteiger partial charge is 0.146 e. The molecule has 0 radical (unpaired) electrons. The minimum absolute atomic E-state index is 0.238. The van der Waals surface area contributed by atoms with E-state index in [1.54, 1.807) is 0 Å². The summed E-state index contributed by atoms with van der Waals surface area (Å²) in [5, 5.41) is 1.10. The number of para-hydroxylation sites is 1. The van der Waals surface area contributed by atoms with E-state index < -0.39 is 0 Å². The second kappa shape index (κ2) is 5.80. The highest BCUT2D eigenvalue weighted by Gasteiger charge is 2.07. The lowest BCUT2D eigenvalue weighted by molar-refractivity contribution is 0.0511. The highest BCUT2D eigenvalue weighted by Crippen LogP contribution is 2.21. The van der Waals surface area contributed by atoms with Crippen molar-refractivity contribution in [3.05, 3.63) is 35.9 Å². The Morgan fingerprint density at radius 2 is 2.17 bits per heavy atom. The van der Waals surface area contributed by atoms with Gasteiger partial charge in [-0.1, -0.05) is 25.1 Å². The number of nitrogen functional groups attached to an aromatic ring is 1. The molecular weight excluding hydrogens is 226 g/mol. The van der Waals surface area contributed by atoms with Crippen LogP contribution >= 0.6 is 0 Å². The Hall–Kier alpha value is -1.65.